The molecule has 1 aromatic rings. The third kappa shape index (κ3) is 3.30. The molecule has 10 heteroatoms. The molecule has 0 aromatic heterocycles. The van der Waals surface area contributed by atoms with E-state index in [1.807, 2.05) is 0 Å². The highest BCUT2D eigenvalue weighted by Crippen LogP contribution is 2.42. The number of hydrogen-bond donors (Lipinski definition) is 0. The van der Waals surface area contributed by atoms with Crippen LogP contribution in [0.25, 0.3) is 0 Å². The molecule has 2 saturated heterocycles. The summed E-state index contributed by atoms with van der Waals surface area (Å²) in [4.78, 5) is 16.6. The van der Waals surface area contributed by atoms with Crippen LogP contribution in [0.4, 0.5) is 18.9 Å². The van der Waals surface area contributed by atoms with Crippen LogP contribution >= 0.6 is 11.8 Å². The molecule has 2 aliphatic heterocycles. The van der Waals surface area contributed by atoms with E-state index < -0.39 is 33.5 Å². The van der Waals surface area contributed by atoms with Gasteiger partial charge in [-0.2, -0.15) is 18.2 Å². The first kappa shape index (κ1) is 17.3. The van der Waals surface area contributed by atoms with Gasteiger partial charge in [-0.25, -0.2) is 8.42 Å². The maximum absolute atomic E-state index is 12.9. The summed E-state index contributed by atoms with van der Waals surface area (Å²) in [5.74, 6) is -0.732. The van der Waals surface area contributed by atoms with Crippen molar-refractivity contribution in [2.45, 2.75) is 24.4 Å². The highest BCUT2D eigenvalue weighted by Gasteiger charge is 2.49. The Morgan fingerprint density at radius 3 is 2.67 bits per heavy atom. The molecule has 0 spiro atoms. The Bertz CT molecular complexity index is 821. The Kier molecular flexibility index (Phi) is 4.15. The first-order valence-electron chi connectivity index (χ1n) is 7.00. The normalized spacial score (nSPS) is 27.5. The molecule has 2 fully saturated rings. The topological polar surface area (TPSA) is 66.8 Å². The number of rotatable bonds is 1. The molecule has 130 valence electrons. The number of carbonyl (C=O) groups excluding carboxylic acids is 1. The van der Waals surface area contributed by atoms with Gasteiger partial charge in [-0.3, -0.25) is 4.79 Å². The largest absolute Gasteiger partial charge is 0.416 e. The number of fused-ring (bicyclic) bond motifs is 1. The van der Waals surface area contributed by atoms with E-state index in [0.717, 1.165) is 23.9 Å². The number of halogens is 3. The maximum Gasteiger partial charge on any atom is 0.416 e. The number of benzene rings is 1. The van der Waals surface area contributed by atoms with E-state index in [1.54, 1.807) is 0 Å². The van der Waals surface area contributed by atoms with Crippen LogP contribution in [0.1, 0.15) is 12.5 Å². The van der Waals surface area contributed by atoms with Crippen LogP contribution in [0.2, 0.25) is 0 Å². The minimum atomic E-state index is -4.51. The summed E-state index contributed by atoms with van der Waals surface area (Å²) >= 11 is 1.12. The van der Waals surface area contributed by atoms with E-state index >= 15 is 0 Å². The number of carbonyl (C=O) groups is 1. The van der Waals surface area contributed by atoms with Crippen molar-refractivity contribution in [2.75, 3.05) is 16.4 Å². The predicted octanol–water partition coefficient (Wildman–Crippen LogP) is 2.33. The molecule has 0 unspecified atom stereocenters. The zero-order valence-corrected chi connectivity index (χ0v) is 14.1. The van der Waals surface area contributed by atoms with Crippen molar-refractivity contribution in [3.63, 3.8) is 0 Å². The Morgan fingerprint density at radius 1 is 1.33 bits per heavy atom. The number of anilines is 1. The second kappa shape index (κ2) is 5.76. The fourth-order valence-electron chi connectivity index (χ4n) is 2.83. The van der Waals surface area contributed by atoms with Gasteiger partial charge in [0.05, 0.1) is 23.1 Å². The van der Waals surface area contributed by atoms with Gasteiger partial charge in [-0.05, 0) is 18.2 Å². The molecule has 5 nitrogen and oxygen atoms in total. The average Bonchev–Trinajstić information content (AvgIpc) is 2.88. The molecule has 0 saturated carbocycles. The quantitative estimate of drug-likeness (QED) is 0.750. The van der Waals surface area contributed by atoms with Gasteiger partial charge in [0, 0.05) is 17.9 Å². The molecule has 0 bridgehead atoms. The molecular formula is C14H13F3N2O3S2. The second-order valence-corrected chi connectivity index (χ2v) is 8.99. The maximum atomic E-state index is 12.9. The molecule has 3 rings (SSSR count). The van der Waals surface area contributed by atoms with Gasteiger partial charge in [0.2, 0.25) is 5.91 Å². The number of sulfone groups is 1. The van der Waals surface area contributed by atoms with Crippen molar-refractivity contribution in [3.05, 3.63) is 29.8 Å². The van der Waals surface area contributed by atoms with Crippen molar-refractivity contribution < 1.29 is 26.4 Å². The Hall–Kier alpha value is -1.55. The van der Waals surface area contributed by atoms with E-state index in [1.165, 1.54) is 24.0 Å². The molecule has 1 aromatic carbocycles. The number of thioether (sulfide) groups is 1. The highest BCUT2D eigenvalue weighted by atomic mass is 32.2. The molecule has 24 heavy (non-hydrogen) atoms. The Labute approximate surface area is 140 Å². The Balaban J connectivity index is 2.06. The van der Waals surface area contributed by atoms with Gasteiger partial charge < -0.3 is 4.90 Å². The van der Waals surface area contributed by atoms with Crippen LogP contribution in [0.15, 0.2) is 29.3 Å². The number of alkyl halides is 3. The second-order valence-electron chi connectivity index (χ2n) is 5.63. The van der Waals surface area contributed by atoms with Gasteiger partial charge in [-0.15, -0.1) is 0 Å². The van der Waals surface area contributed by atoms with Crippen LogP contribution < -0.4 is 4.90 Å². The van der Waals surface area contributed by atoms with Crippen molar-refractivity contribution in [1.82, 2.24) is 0 Å². The van der Waals surface area contributed by atoms with E-state index in [9.17, 15) is 26.4 Å². The van der Waals surface area contributed by atoms with Gasteiger partial charge in [0.1, 0.15) is 0 Å². The van der Waals surface area contributed by atoms with E-state index in [-0.39, 0.29) is 27.6 Å². The predicted molar refractivity (Wildman–Crippen MR) is 85.9 cm³/mol. The SMILES string of the molecule is CC(=O)N=C1S[C@H]2CS(=O)(=O)C[C@H]2N1c1cccc(C(F)(F)F)c1. The van der Waals surface area contributed by atoms with Crippen LogP contribution in [0, 0.1) is 0 Å². The van der Waals surface area contributed by atoms with E-state index in [0.29, 0.717) is 0 Å². The van der Waals surface area contributed by atoms with Crippen LogP contribution in [0.5, 0.6) is 0 Å². The minimum Gasteiger partial charge on any atom is -0.316 e. The van der Waals surface area contributed by atoms with Crippen LogP contribution in [-0.2, 0) is 20.8 Å². The molecule has 0 aliphatic carbocycles. The van der Waals surface area contributed by atoms with E-state index in [4.69, 9.17) is 0 Å². The van der Waals surface area contributed by atoms with Crippen molar-refractivity contribution in [1.29, 1.82) is 0 Å². The molecule has 0 radical (unpaired) electrons. The first-order chi connectivity index (χ1) is 11.1. The number of hydrogen-bond acceptors (Lipinski definition) is 4. The van der Waals surface area contributed by atoms with Gasteiger partial charge in [0.25, 0.3) is 0 Å². The van der Waals surface area contributed by atoms with Crippen molar-refractivity contribution in [3.8, 4) is 0 Å². The van der Waals surface area contributed by atoms with Crippen molar-refractivity contribution in [2.24, 2.45) is 4.99 Å². The molecule has 2 atom stereocenters. The molecule has 2 aliphatic rings. The zero-order chi connectivity index (χ0) is 17.7. The third-order valence-corrected chi connectivity index (χ3v) is 6.98. The number of aliphatic imine (C=N–C) groups is 1. The number of amidine groups is 1. The lowest BCUT2D eigenvalue weighted by atomic mass is 10.1. The standard InChI is InChI=1S/C14H13F3N2O3S2/c1-8(20)18-13-19(11-6-24(21,22)7-12(11)23-13)10-4-2-3-9(5-10)14(15,16)17/h2-5,11-12H,6-7H2,1H3/t11-,12+/m1/s1. The van der Waals surface area contributed by atoms with Crippen LogP contribution in [-0.4, -0.2) is 42.3 Å². The summed E-state index contributed by atoms with van der Waals surface area (Å²) in [6, 6.07) is 4.08. The average molecular weight is 378 g/mol. The summed E-state index contributed by atoms with van der Waals surface area (Å²) in [6.45, 7) is 1.24. The smallest absolute Gasteiger partial charge is 0.316 e. The number of nitrogens with zero attached hydrogens (tertiary/aromatic N) is 2. The van der Waals surface area contributed by atoms with Gasteiger partial charge in [0.15, 0.2) is 15.0 Å². The summed E-state index contributed by atoms with van der Waals surface area (Å²) in [5, 5.41) is -0.102. The first-order valence-corrected chi connectivity index (χ1v) is 9.70. The number of amides is 1. The lowest BCUT2D eigenvalue weighted by Gasteiger charge is -2.25. The zero-order valence-electron chi connectivity index (χ0n) is 12.4. The van der Waals surface area contributed by atoms with Crippen LogP contribution in [0.3, 0.4) is 0 Å². The minimum absolute atomic E-state index is 0.0747. The monoisotopic (exact) mass is 378 g/mol. The molecule has 0 N–H and O–H groups in total. The van der Waals surface area contributed by atoms with Gasteiger partial charge in [-0.1, -0.05) is 17.8 Å². The fraction of sp³-hybridized carbons (Fsp3) is 0.429. The van der Waals surface area contributed by atoms with Crippen molar-refractivity contribution >= 4 is 38.4 Å². The summed E-state index contributed by atoms with van der Waals surface area (Å²) in [7, 11) is -3.26. The lowest BCUT2D eigenvalue weighted by molar-refractivity contribution is -0.137. The summed E-state index contributed by atoms with van der Waals surface area (Å²) < 4.78 is 62.5. The molecule has 2 heterocycles. The molecular weight excluding hydrogens is 365 g/mol. The summed E-state index contributed by atoms with van der Waals surface area (Å²) in [6.07, 6.45) is -4.51. The third-order valence-electron chi connectivity index (χ3n) is 3.77. The fourth-order valence-corrected chi connectivity index (χ4v) is 6.79. The highest BCUT2D eigenvalue weighted by molar-refractivity contribution is 8.16. The Morgan fingerprint density at radius 2 is 2.04 bits per heavy atom. The lowest BCUT2D eigenvalue weighted by Crippen LogP contribution is -2.37. The van der Waals surface area contributed by atoms with E-state index in [2.05, 4.69) is 4.99 Å². The van der Waals surface area contributed by atoms with Gasteiger partial charge >= 0.3 is 6.18 Å². The molecule has 1 amide bonds. The summed E-state index contributed by atoms with van der Waals surface area (Å²) in [5.41, 5.74) is -0.654.